The van der Waals surface area contributed by atoms with Crippen LogP contribution in [0.15, 0.2) is 0 Å². The van der Waals surface area contributed by atoms with Crippen molar-refractivity contribution in [1.82, 2.24) is 10.2 Å². The third-order valence-corrected chi connectivity index (χ3v) is 3.41. The molecule has 0 aromatic rings. The van der Waals surface area contributed by atoms with Crippen LogP contribution < -0.4 is 5.32 Å². The lowest BCUT2D eigenvalue weighted by atomic mass is 9.91. The molecule has 1 aliphatic carbocycles. The van der Waals surface area contributed by atoms with Crippen molar-refractivity contribution in [2.75, 3.05) is 34.3 Å². The fourth-order valence-electron chi connectivity index (χ4n) is 2.70. The molecule has 0 heterocycles. The SMILES string of the molecule is COC1CCCCC1NCC(C)(O)CN(C)C. The van der Waals surface area contributed by atoms with Crippen LogP contribution in [0.5, 0.6) is 0 Å². The number of hydrogen-bond donors (Lipinski definition) is 2. The second-order valence-corrected chi connectivity index (χ2v) is 5.78. The molecule has 1 fully saturated rings. The molecule has 0 saturated heterocycles. The molecule has 102 valence electrons. The third-order valence-electron chi connectivity index (χ3n) is 3.41. The smallest absolute Gasteiger partial charge is 0.0869 e. The Bertz CT molecular complexity index is 219. The van der Waals surface area contributed by atoms with Gasteiger partial charge in [0.15, 0.2) is 0 Å². The molecule has 0 bridgehead atoms. The Balaban J connectivity index is 2.37. The van der Waals surface area contributed by atoms with Crippen molar-refractivity contribution in [3.05, 3.63) is 0 Å². The van der Waals surface area contributed by atoms with Crippen LogP contribution in [0.4, 0.5) is 0 Å². The molecule has 2 N–H and O–H groups in total. The zero-order valence-electron chi connectivity index (χ0n) is 11.7. The topological polar surface area (TPSA) is 44.7 Å². The Morgan fingerprint density at radius 1 is 1.35 bits per heavy atom. The summed E-state index contributed by atoms with van der Waals surface area (Å²) in [7, 11) is 5.74. The standard InChI is InChI=1S/C13H28N2O2/c1-13(16,10-15(2)3)9-14-11-7-5-6-8-12(11)17-4/h11-12,14,16H,5-10H2,1-4H3. The Kier molecular flexibility index (Phi) is 5.86. The van der Waals surface area contributed by atoms with Gasteiger partial charge in [0, 0.05) is 26.2 Å². The average molecular weight is 244 g/mol. The van der Waals surface area contributed by atoms with E-state index in [9.17, 15) is 5.11 Å². The quantitative estimate of drug-likeness (QED) is 0.727. The maximum atomic E-state index is 10.2. The normalized spacial score (nSPS) is 29.3. The van der Waals surface area contributed by atoms with E-state index in [0.29, 0.717) is 25.2 Å². The lowest BCUT2D eigenvalue weighted by molar-refractivity contribution is 0.00779. The van der Waals surface area contributed by atoms with Gasteiger partial charge in [-0.1, -0.05) is 12.8 Å². The van der Waals surface area contributed by atoms with Gasteiger partial charge < -0.3 is 20.1 Å². The summed E-state index contributed by atoms with van der Waals surface area (Å²) in [6.45, 7) is 3.17. The Morgan fingerprint density at radius 2 is 2.00 bits per heavy atom. The van der Waals surface area contributed by atoms with E-state index in [1.807, 2.05) is 25.9 Å². The predicted octanol–water partition coefficient (Wildman–Crippen LogP) is 0.846. The second kappa shape index (κ2) is 6.69. The van der Waals surface area contributed by atoms with Crippen LogP contribution in [0, 0.1) is 0 Å². The molecule has 1 rings (SSSR count). The fourth-order valence-corrected chi connectivity index (χ4v) is 2.70. The molecule has 0 radical (unpaired) electrons. The number of likely N-dealkylation sites (N-methyl/N-ethyl adjacent to an activating group) is 1. The summed E-state index contributed by atoms with van der Waals surface area (Å²) in [4.78, 5) is 2.01. The molecule has 1 aliphatic rings. The molecular formula is C13H28N2O2. The molecule has 4 heteroatoms. The highest BCUT2D eigenvalue weighted by Gasteiger charge is 2.28. The third kappa shape index (κ3) is 5.34. The summed E-state index contributed by atoms with van der Waals surface area (Å²) in [5, 5.41) is 13.7. The van der Waals surface area contributed by atoms with Gasteiger partial charge in [-0.15, -0.1) is 0 Å². The maximum absolute atomic E-state index is 10.2. The molecular weight excluding hydrogens is 216 g/mol. The van der Waals surface area contributed by atoms with Gasteiger partial charge in [0.05, 0.1) is 11.7 Å². The Labute approximate surface area is 105 Å². The van der Waals surface area contributed by atoms with Crippen molar-refractivity contribution in [1.29, 1.82) is 0 Å². The minimum absolute atomic E-state index is 0.305. The summed E-state index contributed by atoms with van der Waals surface area (Å²) in [6, 6.07) is 0.391. The lowest BCUT2D eigenvalue weighted by Gasteiger charge is -2.34. The first-order valence-corrected chi connectivity index (χ1v) is 6.58. The van der Waals surface area contributed by atoms with E-state index in [1.54, 1.807) is 7.11 Å². The Hall–Kier alpha value is -0.160. The van der Waals surface area contributed by atoms with Crippen LogP contribution in [0.25, 0.3) is 0 Å². The van der Waals surface area contributed by atoms with Crippen molar-refractivity contribution in [3.63, 3.8) is 0 Å². The molecule has 0 amide bonds. The molecule has 0 aromatic carbocycles. The molecule has 4 nitrogen and oxygen atoms in total. The number of nitrogens with one attached hydrogen (secondary N) is 1. The largest absolute Gasteiger partial charge is 0.388 e. The number of rotatable bonds is 6. The van der Waals surface area contributed by atoms with Gasteiger partial charge in [-0.25, -0.2) is 0 Å². The summed E-state index contributed by atoms with van der Waals surface area (Å²) in [5.74, 6) is 0. The van der Waals surface area contributed by atoms with Gasteiger partial charge in [-0.3, -0.25) is 0 Å². The van der Waals surface area contributed by atoms with E-state index in [-0.39, 0.29) is 0 Å². The lowest BCUT2D eigenvalue weighted by Crippen LogP contribution is -2.52. The minimum atomic E-state index is -0.681. The van der Waals surface area contributed by atoms with E-state index in [0.717, 1.165) is 12.8 Å². The number of aliphatic hydroxyl groups is 1. The number of ether oxygens (including phenoxy) is 1. The van der Waals surface area contributed by atoms with E-state index in [2.05, 4.69) is 5.32 Å². The highest BCUT2D eigenvalue weighted by molar-refractivity contribution is 4.86. The first-order chi connectivity index (χ1) is 7.94. The van der Waals surface area contributed by atoms with Crippen LogP contribution in [-0.2, 0) is 4.74 Å². The highest BCUT2D eigenvalue weighted by Crippen LogP contribution is 2.21. The van der Waals surface area contributed by atoms with Crippen molar-refractivity contribution in [2.24, 2.45) is 0 Å². The second-order valence-electron chi connectivity index (χ2n) is 5.78. The number of nitrogens with zero attached hydrogens (tertiary/aromatic N) is 1. The van der Waals surface area contributed by atoms with Crippen molar-refractivity contribution >= 4 is 0 Å². The van der Waals surface area contributed by atoms with Crippen LogP contribution in [0.2, 0.25) is 0 Å². The monoisotopic (exact) mass is 244 g/mol. The molecule has 17 heavy (non-hydrogen) atoms. The molecule has 0 spiro atoms. The van der Waals surface area contributed by atoms with Crippen LogP contribution in [0.3, 0.4) is 0 Å². The molecule has 0 aliphatic heterocycles. The molecule has 3 unspecified atom stereocenters. The summed E-state index contributed by atoms with van der Waals surface area (Å²) >= 11 is 0. The van der Waals surface area contributed by atoms with Crippen molar-refractivity contribution < 1.29 is 9.84 Å². The Morgan fingerprint density at radius 3 is 2.59 bits per heavy atom. The van der Waals surface area contributed by atoms with E-state index >= 15 is 0 Å². The molecule has 0 aromatic heterocycles. The van der Waals surface area contributed by atoms with Crippen LogP contribution in [-0.4, -0.2) is 62.0 Å². The van der Waals surface area contributed by atoms with Gasteiger partial charge >= 0.3 is 0 Å². The van der Waals surface area contributed by atoms with Gasteiger partial charge in [0.25, 0.3) is 0 Å². The van der Waals surface area contributed by atoms with Gasteiger partial charge in [-0.05, 0) is 33.9 Å². The molecule has 1 saturated carbocycles. The highest BCUT2D eigenvalue weighted by atomic mass is 16.5. The van der Waals surface area contributed by atoms with Crippen molar-refractivity contribution in [2.45, 2.75) is 50.4 Å². The fraction of sp³-hybridized carbons (Fsp3) is 1.00. The van der Waals surface area contributed by atoms with Gasteiger partial charge in [-0.2, -0.15) is 0 Å². The molecule has 3 atom stereocenters. The van der Waals surface area contributed by atoms with Gasteiger partial charge in [0.1, 0.15) is 0 Å². The predicted molar refractivity (Wildman–Crippen MR) is 70.2 cm³/mol. The zero-order chi connectivity index (χ0) is 12.9. The van der Waals surface area contributed by atoms with E-state index < -0.39 is 5.60 Å². The summed E-state index contributed by atoms with van der Waals surface area (Å²) in [6.07, 6.45) is 5.09. The number of methoxy groups -OCH3 is 1. The van der Waals surface area contributed by atoms with Crippen molar-refractivity contribution in [3.8, 4) is 0 Å². The van der Waals surface area contributed by atoms with Crippen LogP contribution in [0.1, 0.15) is 32.6 Å². The maximum Gasteiger partial charge on any atom is 0.0869 e. The summed E-state index contributed by atoms with van der Waals surface area (Å²) < 4.78 is 5.50. The van der Waals surface area contributed by atoms with Crippen LogP contribution >= 0.6 is 0 Å². The number of hydrogen-bond acceptors (Lipinski definition) is 4. The average Bonchev–Trinajstić information content (AvgIpc) is 2.25. The van der Waals surface area contributed by atoms with Gasteiger partial charge in [0.2, 0.25) is 0 Å². The summed E-state index contributed by atoms with van der Waals surface area (Å²) in [5.41, 5.74) is -0.681. The first kappa shape index (κ1) is 14.9. The first-order valence-electron chi connectivity index (χ1n) is 6.58. The van der Waals surface area contributed by atoms with E-state index in [1.165, 1.54) is 12.8 Å². The van der Waals surface area contributed by atoms with E-state index in [4.69, 9.17) is 4.74 Å². The minimum Gasteiger partial charge on any atom is -0.388 e. The zero-order valence-corrected chi connectivity index (χ0v) is 11.7.